The Labute approximate surface area is 171 Å². The van der Waals surface area contributed by atoms with Gasteiger partial charge in [-0.25, -0.2) is 4.99 Å². The largest absolute Gasteiger partial charge is 0.491 e. The molecule has 0 aliphatic rings. The van der Waals surface area contributed by atoms with Gasteiger partial charge in [0.25, 0.3) is 0 Å². The van der Waals surface area contributed by atoms with Gasteiger partial charge < -0.3 is 19.9 Å². The molecule has 3 rings (SSSR count). The van der Waals surface area contributed by atoms with Gasteiger partial charge in [0.15, 0.2) is 11.8 Å². The zero-order valence-electron chi connectivity index (χ0n) is 17.3. The fraction of sp³-hybridized carbons (Fsp3) is 0.318. The molecule has 0 atom stereocenters. The van der Waals surface area contributed by atoms with Gasteiger partial charge in [0.1, 0.15) is 5.75 Å². The van der Waals surface area contributed by atoms with Crippen LogP contribution in [0.15, 0.2) is 58.0 Å². The van der Waals surface area contributed by atoms with Crippen LogP contribution in [0.1, 0.15) is 36.7 Å². The van der Waals surface area contributed by atoms with Gasteiger partial charge in [0, 0.05) is 5.69 Å². The lowest BCUT2D eigenvalue weighted by Gasteiger charge is -2.13. The predicted molar refractivity (Wildman–Crippen MR) is 114 cm³/mol. The molecule has 3 aromatic rings. The van der Waals surface area contributed by atoms with Crippen molar-refractivity contribution >= 4 is 11.6 Å². The van der Waals surface area contributed by atoms with E-state index < -0.39 is 0 Å². The van der Waals surface area contributed by atoms with E-state index >= 15 is 0 Å². The van der Waals surface area contributed by atoms with Gasteiger partial charge in [-0.3, -0.25) is 0 Å². The minimum Gasteiger partial charge on any atom is -0.491 e. The van der Waals surface area contributed by atoms with Crippen LogP contribution in [0.5, 0.6) is 5.75 Å². The van der Waals surface area contributed by atoms with Gasteiger partial charge in [0.2, 0.25) is 5.89 Å². The van der Waals surface area contributed by atoms with E-state index in [2.05, 4.69) is 39.8 Å². The topological polar surface area (TPSA) is 84.6 Å². The van der Waals surface area contributed by atoms with Crippen molar-refractivity contribution in [2.45, 2.75) is 46.9 Å². The molecule has 0 spiro atoms. The van der Waals surface area contributed by atoms with Gasteiger partial charge in [-0.15, -0.1) is 0 Å². The van der Waals surface area contributed by atoms with E-state index in [-0.39, 0.29) is 6.10 Å². The zero-order chi connectivity index (χ0) is 20.6. The van der Waals surface area contributed by atoms with Crippen LogP contribution in [0, 0.1) is 13.8 Å². The van der Waals surface area contributed by atoms with E-state index in [1.807, 2.05) is 50.2 Å². The molecule has 0 fully saturated rings. The summed E-state index contributed by atoms with van der Waals surface area (Å²) < 4.78 is 10.9. The first-order chi connectivity index (χ1) is 14.0. The molecule has 7 heteroatoms. The van der Waals surface area contributed by atoms with Crippen LogP contribution in [-0.2, 0) is 13.1 Å². The number of anilines is 1. The number of aromatic nitrogens is 2. The van der Waals surface area contributed by atoms with Crippen molar-refractivity contribution < 1.29 is 9.26 Å². The van der Waals surface area contributed by atoms with Gasteiger partial charge in [-0.2, -0.15) is 4.98 Å². The van der Waals surface area contributed by atoms with Gasteiger partial charge in [0.05, 0.1) is 19.2 Å². The van der Waals surface area contributed by atoms with E-state index in [1.165, 1.54) is 11.1 Å². The van der Waals surface area contributed by atoms with Crippen molar-refractivity contribution in [3.8, 4) is 5.75 Å². The molecule has 29 heavy (non-hydrogen) atoms. The summed E-state index contributed by atoms with van der Waals surface area (Å²) in [7, 11) is 0. The van der Waals surface area contributed by atoms with E-state index in [0.717, 1.165) is 11.4 Å². The molecule has 0 aliphatic carbocycles. The van der Waals surface area contributed by atoms with Gasteiger partial charge >= 0.3 is 0 Å². The standard InChI is InChI=1S/C22H27N5O2/c1-15(2)28-20-11-9-19(10-12-20)26-22(24-14-21-25-17(4)27-29-21)23-13-18-8-6-5-7-16(18)3/h5-12,15H,13-14H2,1-4H3,(H2,23,24,26). The third kappa shape index (κ3) is 6.34. The highest BCUT2D eigenvalue weighted by molar-refractivity contribution is 5.93. The summed E-state index contributed by atoms with van der Waals surface area (Å²) in [5.41, 5.74) is 3.28. The number of aliphatic imine (C=N–C) groups is 1. The second-order valence-electron chi connectivity index (χ2n) is 7.00. The maximum atomic E-state index is 5.70. The molecule has 0 saturated carbocycles. The lowest BCUT2D eigenvalue weighted by atomic mass is 10.1. The number of nitrogens with zero attached hydrogens (tertiary/aromatic N) is 3. The second-order valence-corrected chi connectivity index (χ2v) is 7.00. The molecular weight excluding hydrogens is 366 g/mol. The van der Waals surface area contributed by atoms with Crippen LogP contribution >= 0.6 is 0 Å². The van der Waals surface area contributed by atoms with Crippen molar-refractivity contribution in [2.24, 2.45) is 4.99 Å². The Bertz CT molecular complexity index is 948. The highest BCUT2D eigenvalue weighted by atomic mass is 16.5. The molecule has 7 nitrogen and oxygen atoms in total. The maximum Gasteiger partial charge on any atom is 0.246 e. The number of benzene rings is 2. The first kappa shape index (κ1) is 20.4. The number of rotatable bonds is 7. The van der Waals surface area contributed by atoms with Crippen LogP contribution in [-0.4, -0.2) is 22.2 Å². The Hall–Kier alpha value is -3.35. The highest BCUT2D eigenvalue weighted by Gasteiger charge is 2.07. The summed E-state index contributed by atoms with van der Waals surface area (Å²) in [6, 6.07) is 16.0. The number of aryl methyl sites for hydroxylation is 2. The van der Waals surface area contributed by atoms with Crippen LogP contribution in [0.2, 0.25) is 0 Å². The molecule has 2 N–H and O–H groups in total. The van der Waals surface area contributed by atoms with Crippen molar-refractivity contribution in [1.82, 2.24) is 15.5 Å². The summed E-state index contributed by atoms with van der Waals surface area (Å²) in [6.07, 6.45) is 0.138. The Morgan fingerprint density at radius 3 is 2.52 bits per heavy atom. The molecule has 2 aromatic carbocycles. The minimum absolute atomic E-state index is 0.138. The Balaban J connectivity index is 1.72. The second kappa shape index (κ2) is 9.73. The third-order valence-electron chi connectivity index (χ3n) is 4.13. The number of hydrogen-bond acceptors (Lipinski definition) is 5. The zero-order valence-corrected chi connectivity index (χ0v) is 17.3. The first-order valence-corrected chi connectivity index (χ1v) is 9.65. The Morgan fingerprint density at radius 1 is 1.10 bits per heavy atom. The van der Waals surface area contributed by atoms with E-state index in [1.54, 1.807) is 6.92 Å². The molecular formula is C22H27N5O2. The Kier molecular flexibility index (Phi) is 6.84. The molecule has 0 unspecified atom stereocenters. The van der Waals surface area contributed by atoms with E-state index in [0.29, 0.717) is 30.8 Å². The minimum atomic E-state index is 0.138. The summed E-state index contributed by atoms with van der Waals surface area (Å²) in [6.45, 7) is 8.82. The summed E-state index contributed by atoms with van der Waals surface area (Å²) in [4.78, 5) is 8.94. The smallest absolute Gasteiger partial charge is 0.246 e. The SMILES string of the molecule is Cc1noc(CNC(=NCc2ccccc2C)Nc2ccc(OC(C)C)cc2)n1. The van der Waals surface area contributed by atoms with Gasteiger partial charge in [-0.05, 0) is 63.1 Å². The van der Waals surface area contributed by atoms with Crippen molar-refractivity contribution in [1.29, 1.82) is 0 Å². The summed E-state index contributed by atoms with van der Waals surface area (Å²) in [5.74, 6) is 2.57. The van der Waals surface area contributed by atoms with Crippen LogP contribution < -0.4 is 15.4 Å². The van der Waals surface area contributed by atoms with Crippen molar-refractivity contribution in [3.05, 3.63) is 71.4 Å². The monoisotopic (exact) mass is 393 g/mol. The molecule has 152 valence electrons. The lowest BCUT2D eigenvalue weighted by Crippen LogP contribution is -2.30. The van der Waals surface area contributed by atoms with E-state index in [4.69, 9.17) is 14.3 Å². The fourth-order valence-corrected chi connectivity index (χ4v) is 2.69. The van der Waals surface area contributed by atoms with Crippen molar-refractivity contribution in [2.75, 3.05) is 5.32 Å². The average molecular weight is 393 g/mol. The quantitative estimate of drug-likeness (QED) is 0.462. The number of guanidine groups is 1. The third-order valence-corrected chi connectivity index (χ3v) is 4.13. The molecule has 0 radical (unpaired) electrons. The van der Waals surface area contributed by atoms with Gasteiger partial charge in [-0.1, -0.05) is 29.4 Å². The number of hydrogen-bond donors (Lipinski definition) is 2. The fourth-order valence-electron chi connectivity index (χ4n) is 2.69. The van der Waals surface area contributed by atoms with Crippen molar-refractivity contribution in [3.63, 3.8) is 0 Å². The van der Waals surface area contributed by atoms with Crippen LogP contribution in [0.25, 0.3) is 0 Å². The average Bonchev–Trinajstić information content (AvgIpc) is 3.11. The van der Waals surface area contributed by atoms with E-state index in [9.17, 15) is 0 Å². The molecule has 0 amide bonds. The van der Waals surface area contributed by atoms with Crippen LogP contribution in [0.3, 0.4) is 0 Å². The molecule has 0 saturated heterocycles. The molecule has 1 aromatic heterocycles. The number of nitrogens with one attached hydrogen (secondary N) is 2. The normalized spacial score (nSPS) is 11.6. The number of ether oxygens (including phenoxy) is 1. The summed E-state index contributed by atoms with van der Waals surface area (Å²) >= 11 is 0. The summed E-state index contributed by atoms with van der Waals surface area (Å²) in [5, 5.41) is 10.4. The maximum absolute atomic E-state index is 5.70. The van der Waals surface area contributed by atoms with Crippen LogP contribution in [0.4, 0.5) is 5.69 Å². The highest BCUT2D eigenvalue weighted by Crippen LogP contribution is 2.17. The molecule has 0 aliphatic heterocycles. The first-order valence-electron chi connectivity index (χ1n) is 9.65. The molecule has 0 bridgehead atoms. The predicted octanol–water partition coefficient (Wildman–Crippen LogP) is 4.23. The lowest BCUT2D eigenvalue weighted by molar-refractivity contribution is 0.242. The Morgan fingerprint density at radius 2 is 1.86 bits per heavy atom. The molecule has 1 heterocycles.